The van der Waals surface area contributed by atoms with Crippen molar-refractivity contribution in [2.45, 2.75) is 53.0 Å². The molecule has 1 heterocycles. The fraction of sp³-hybridized carbons (Fsp3) is 0.375. The van der Waals surface area contributed by atoms with Gasteiger partial charge in [0.05, 0.1) is 6.61 Å². The zero-order chi connectivity index (χ0) is 20.3. The Hall–Kier alpha value is -2.75. The van der Waals surface area contributed by atoms with Gasteiger partial charge in [-0.15, -0.1) is 0 Å². The highest BCUT2D eigenvalue weighted by atomic mass is 16.5. The third-order valence-corrected chi connectivity index (χ3v) is 5.00. The average Bonchev–Trinajstić information content (AvgIpc) is 3.03. The fourth-order valence-corrected chi connectivity index (χ4v) is 3.60. The van der Waals surface area contributed by atoms with Crippen LogP contribution in [0.2, 0.25) is 0 Å². The van der Waals surface area contributed by atoms with Gasteiger partial charge in [0.1, 0.15) is 12.3 Å². The van der Waals surface area contributed by atoms with Gasteiger partial charge in [-0.2, -0.15) is 0 Å². The molecule has 0 fully saturated rings. The molecule has 4 heteroatoms. The van der Waals surface area contributed by atoms with Crippen LogP contribution in [0.15, 0.2) is 48.7 Å². The van der Waals surface area contributed by atoms with Crippen molar-refractivity contribution in [3.63, 3.8) is 0 Å². The van der Waals surface area contributed by atoms with E-state index in [-0.39, 0.29) is 12.5 Å². The molecule has 0 atom stereocenters. The summed E-state index contributed by atoms with van der Waals surface area (Å²) in [7, 11) is 0. The minimum atomic E-state index is -0.0126. The van der Waals surface area contributed by atoms with Crippen LogP contribution in [0.3, 0.4) is 0 Å². The van der Waals surface area contributed by atoms with Crippen LogP contribution in [-0.4, -0.2) is 17.1 Å². The van der Waals surface area contributed by atoms with E-state index in [9.17, 15) is 4.79 Å². The molecule has 28 heavy (non-hydrogen) atoms. The fourth-order valence-electron chi connectivity index (χ4n) is 3.60. The molecule has 148 valence electrons. The van der Waals surface area contributed by atoms with Crippen LogP contribution in [0.25, 0.3) is 10.9 Å². The van der Waals surface area contributed by atoms with Gasteiger partial charge in [-0.3, -0.25) is 4.79 Å². The second-order valence-electron chi connectivity index (χ2n) is 7.77. The van der Waals surface area contributed by atoms with Crippen molar-refractivity contribution in [2.75, 3.05) is 11.9 Å². The Morgan fingerprint density at radius 1 is 1.04 bits per heavy atom. The highest BCUT2D eigenvalue weighted by Gasteiger charge is 2.16. The van der Waals surface area contributed by atoms with Crippen molar-refractivity contribution in [3.8, 4) is 5.75 Å². The predicted molar refractivity (Wildman–Crippen MR) is 116 cm³/mol. The number of nitrogens with one attached hydrogen (secondary N) is 1. The van der Waals surface area contributed by atoms with Crippen molar-refractivity contribution >= 4 is 22.5 Å². The molecule has 3 aromatic rings. The van der Waals surface area contributed by atoms with Crippen LogP contribution in [0.5, 0.6) is 5.75 Å². The van der Waals surface area contributed by atoms with E-state index in [1.807, 2.05) is 42.0 Å². The Morgan fingerprint density at radius 3 is 2.32 bits per heavy atom. The number of rotatable bonds is 7. The topological polar surface area (TPSA) is 43.3 Å². The second kappa shape index (κ2) is 8.51. The molecule has 1 N–H and O–H groups in total. The molecule has 0 aliphatic heterocycles. The second-order valence-corrected chi connectivity index (χ2v) is 7.77. The van der Waals surface area contributed by atoms with Gasteiger partial charge in [-0.1, -0.05) is 45.9 Å². The lowest BCUT2D eigenvalue weighted by Gasteiger charge is -2.20. The Kier molecular flexibility index (Phi) is 6.08. The largest absolute Gasteiger partial charge is 0.494 e. The molecule has 1 amide bonds. The Bertz CT molecular complexity index is 944. The summed E-state index contributed by atoms with van der Waals surface area (Å²) in [4.78, 5) is 12.9. The number of amides is 1. The van der Waals surface area contributed by atoms with E-state index >= 15 is 0 Å². The smallest absolute Gasteiger partial charge is 0.244 e. The molecule has 0 radical (unpaired) electrons. The maximum Gasteiger partial charge on any atom is 0.244 e. The van der Waals surface area contributed by atoms with E-state index < -0.39 is 0 Å². The van der Waals surface area contributed by atoms with Gasteiger partial charge in [-0.05, 0) is 54.2 Å². The van der Waals surface area contributed by atoms with Crippen LogP contribution >= 0.6 is 0 Å². The lowest BCUT2D eigenvalue weighted by atomic mass is 9.92. The zero-order valence-electron chi connectivity index (χ0n) is 17.5. The molecule has 2 aromatic carbocycles. The van der Waals surface area contributed by atoms with Crippen LogP contribution in [0, 0.1) is 0 Å². The molecule has 1 aromatic heterocycles. The molecular weight excluding hydrogens is 348 g/mol. The van der Waals surface area contributed by atoms with Crippen molar-refractivity contribution in [3.05, 3.63) is 59.8 Å². The normalized spacial score (nSPS) is 11.4. The van der Waals surface area contributed by atoms with E-state index in [4.69, 9.17) is 4.74 Å². The first kappa shape index (κ1) is 20.0. The lowest BCUT2D eigenvalue weighted by Crippen LogP contribution is -2.20. The van der Waals surface area contributed by atoms with Gasteiger partial charge in [0.15, 0.2) is 0 Å². The summed E-state index contributed by atoms with van der Waals surface area (Å²) in [6.07, 6.45) is 1.96. The number of ether oxygens (including phenoxy) is 1. The van der Waals surface area contributed by atoms with Gasteiger partial charge in [-0.25, -0.2) is 0 Å². The number of nitrogens with zero attached hydrogens (tertiary/aromatic N) is 1. The highest BCUT2D eigenvalue weighted by Crippen LogP contribution is 2.32. The van der Waals surface area contributed by atoms with Gasteiger partial charge in [0.25, 0.3) is 0 Å². The van der Waals surface area contributed by atoms with Gasteiger partial charge in [0.2, 0.25) is 5.91 Å². The van der Waals surface area contributed by atoms with E-state index in [0.717, 1.165) is 22.3 Å². The first-order valence-electron chi connectivity index (χ1n) is 10.0. The molecule has 0 saturated carbocycles. The molecule has 0 spiro atoms. The molecule has 0 unspecified atom stereocenters. The summed E-state index contributed by atoms with van der Waals surface area (Å²) in [5, 5.41) is 4.27. The van der Waals surface area contributed by atoms with Crippen LogP contribution < -0.4 is 10.1 Å². The molecule has 3 rings (SSSR count). The summed E-state index contributed by atoms with van der Waals surface area (Å²) >= 11 is 0. The number of para-hydroxylation sites is 1. The number of fused-ring (bicyclic) bond motifs is 1. The number of carbonyl (C=O) groups excluding carboxylic acids is 1. The summed E-state index contributed by atoms with van der Waals surface area (Å²) in [6.45, 7) is 11.5. The first-order chi connectivity index (χ1) is 13.4. The van der Waals surface area contributed by atoms with Crippen LogP contribution in [-0.2, 0) is 11.3 Å². The summed E-state index contributed by atoms with van der Waals surface area (Å²) in [5.74, 6) is 1.53. The molecule has 0 aliphatic rings. The number of anilines is 1. The van der Waals surface area contributed by atoms with Gasteiger partial charge >= 0.3 is 0 Å². The molecule has 0 aliphatic carbocycles. The van der Waals surface area contributed by atoms with E-state index in [1.54, 1.807) is 0 Å². The summed E-state index contributed by atoms with van der Waals surface area (Å²) < 4.78 is 7.55. The quantitative estimate of drug-likeness (QED) is 0.554. The number of hydrogen-bond acceptors (Lipinski definition) is 2. The lowest BCUT2D eigenvalue weighted by molar-refractivity contribution is -0.116. The molecule has 4 nitrogen and oxygen atoms in total. The minimum absolute atomic E-state index is 0.0126. The van der Waals surface area contributed by atoms with Crippen molar-refractivity contribution in [1.82, 2.24) is 4.57 Å². The Morgan fingerprint density at radius 2 is 1.71 bits per heavy atom. The van der Waals surface area contributed by atoms with E-state index in [2.05, 4.69) is 51.2 Å². The summed E-state index contributed by atoms with van der Waals surface area (Å²) in [6, 6.07) is 14.3. The van der Waals surface area contributed by atoms with Crippen molar-refractivity contribution in [1.29, 1.82) is 0 Å². The number of benzene rings is 2. The Labute approximate surface area is 167 Å². The van der Waals surface area contributed by atoms with Gasteiger partial charge in [0, 0.05) is 22.8 Å². The SMILES string of the molecule is CCOc1ccc2c(ccn2CC(=O)Nc2c(C(C)C)cccc2C(C)C)c1. The average molecular weight is 379 g/mol. The maximum absolute atomic E-state index is 12.9. The molecular formula is C24H30N2O2. The Balaban J connectivity index is 1.84. The monoisotopic (exact) mass is 378 g/mol. The van der Waals surface area contributed by atoms with Crippen molar-refractivity contribution in [2.24, 2.45) is 0 Å². The molecule has 0 bridgehead atoms. The van der Waals surface area contributed by atoms with E-state index in [0.29, 0.717) is 18.4 Å². The third kappa shape index (κ3) is 4.22. The minimum Gasteiger partial charge on any atom is -0.494 e. The first-order valence-corrected chi connectivity index (χ1v) is 10.0. The zero-order valence-corrected chi connectivity index (χ0v) is 17.5. The predicted octanol–water partition coefficient (Wildman–Crippen LogP) is 5.93. The maximum atomic E-state index is 12.9. The third-order valence-electron chi connectivity index (χ3n) is 5.00. The summed E-state index contributed by atoms with van der Waals surface area (Å²) in [5.41, 5.74) is 4.35. The van der Waals surface area contributed by atoms with E-state index in [1.165, 1.54) is 11.1 Å². The standard InChI is InChI=1S/C24H30N2O2/c1-6-28-19-10-11-22-18(14-19)12-13-26(22)15-23(27)25-24-20(16(2)3)8-7-9-21(24)17(4)5/h7-14,16-17H,6,15H2,1-5H3,(H,25,27). The number of aromatic nitrogens is 1. The molecule has 0 saturated heterocycles. The number of carbonyl (C=O) groups is 1. The van der Waals surface area contributed by atoms with Crippen LogP contribution in [0.1, 0.15) is 57.6 Å². The highest BCUT2D eigenvalue weighted by molar-refractivity contribution is 5.94. The van der Waals surface area contributed by atoms with Crippen LogP contribution in [0.4, 0.5) is 5.69 Å². The van der Waals surface area contributed by atoms with Crippen molar-refractivity contribution < 1.29 is 9.53 Å². The van der Waals surface area contributed by atoms with Gasteiger partial charge < -0.3 is 14.6 Å². The number of hydrogen-bond donors (Lipinski definition) is 1.